The van der Waals surface area contributed by atoms with E-state index in [1.54, 1.807) is 0 Å². The maximum Gasteiger partial charge on any atom is 0.225 e. The number of aryl methyl sites for hydroxylation is 1. The summed E-state index contributed by atoms with van der Waals surface area (Å²) in [4.78, 5) is 20.2. The lowest BCUT2D eigenvalue weighted by Gasteiger charge is -2.40. The Morgan fingerprint density at radius 3 is 2.88 bits per heavy atom. The summed E-state index contributed by atoms with van der Waals surface area (Å²) in [5.41, 5.74) is 3.08. The summed E-state index contributed by atoms with van der Waals surface area (Å²) < 4.78 is 0. The molecule has 0 radical (unpaired) electrons. The quantitative estimate of drug-likeness (QED) is 0.674. The molecule has 0 unspecified atom stereocenters. The third-order valence-corrected chi connectivity index (χ3v) is 5.07. The summed E-state index contributed by atoms with van der Waals surface area (Å²) in [6, 6.07) is 6.25. The minimum absolute atomic E-state index is 0.0221. The van der Waals surface area contributed by atoms with E-state index < -0.39 is 0 Å². The van der Waals surface area contributed by atoms with Crippen molar-refractivity contribution in [1.29, 1.82) is 0 Å². The summed E-state index contributed by atoms with van der Waals surface area (Å²) in [5.74, 6) is 0.781. The number of H-pyrrole nitrogens is 2. The maximum atomic E-state index is 12.6. The molecular formula is C18H21N5O. The number of fused-ring (bicyclic) bond motifs is 1. The molecule has 0 atom stereocenters. The minimum atomic E-state index is -0.367. The van der Waals surface area contributed by atoms with Crippen molar-refractivity contribution in [3.63, 3.8) is 0 Å². The smallest absolute Gasteiger partial charge is 0.225 e. The molecule has 0 spiro atoms. The highest BCUT2D eigenvalue weighted by Crippen LogP contribution is 2.39. The molecule has 24 heavy (non-hydrogen) atoms. The lowest BCUT2D eigenvalue weighted by molar-refractivity contribution is -0.123. The fraction of sp³-hybridized carbons (Fsp3) is 0.389. The van der Waals surface area contributed by atoms with E-state index in [-0.39, 0.29) is 11.4 Å². The van der Waals surface area contributed by atoms with Gasteiger partial charge in [0.15, 0.2) is 0 Å². The third kappa shape index (κ3) is 2.38. The Balaban J connectivity index is 1.55. The Labute approximate surface area is 140 Å². The van der Waals surface area contributed by atoms with Crippen molar-refractivity contribution in [2.75, 3.05) is 0 Å². The second kappa shape index (κ2) is 5.78. The lowest BCUT2D eigenvalue weighted by Crippen LogP contribution is -2.52. The van der Waals surface area contributed by atoms with Crippen LogP contribution in [-0.4, -0.2) is 26.1 Å². The molecule has 1 fully saturated rings. The molecule has 0 saturated heterocycles. The van der Waals surface area contributed by atoms with Crippen LogP contribution in [0, 0.1) is 0 Å². The predicted octanol–water partition coefficient (Wildman–Crippen LogP) is 2.59. The fourth-order valence-electron chi connectivity index (χ4n) is 3.59. The van der Waals surface area contributed by atoms with Gasteiger partial charge in [-0.2, -0.15) is 5.10 Å². The summed E-state index contributed by atoms with van der Waals surface area (Å²) in [5, 5.41) is 11.1. The molecule has 1 aliphatic carbocycles. The molecule has 3 N–H and O–H groups in total. The monoisotopic (exact) mass is 323 g/mol. The van der Waals surface area contributed by atoms with Crippen molar-refractivity contribution >= 4 is 16.8 Å². The van der Waals surface area contributed by atoms with Crippen LogP contribution in [-0.2, 0) is 23.2 Å². The number of aromatic amines is 2. The molecule has 6 heteroatoms. The second-order valence-electron chi connectivity index (χ2n) is 6.50. The van der Waals surface area contributed by atoms with Crippen LogP contribution in [0.1, 0.15) is 43.1 Å². The van der Waals surface area contributed by atoms with E-state index in [1.165, 1.54) is 11.9 Å². The molecular weight excluding hydrogens is 302 g/mol. The molecule has 0 aliphatic heterocycles. The van der Waals surface area contributed by atoms with E-state index >= 15 is 0 Å². The van der Waals surface area contributed by atoms with E-state index in [0.717, 1.165) is 48.0 Å². The molecule has 124 valence electrons. The van der Waals surface area contributed by atoms with E-state index in [2.05, 4.69) is 50.6 Å². The number of nitrogens with zero attached hydrogens (tertiary/aromatic N) is 2. The highest BCUT2D eigenvalue weighted by atomic mass is 16.1. The van der Waals surface area contributed by atoms with Gasteiger partial charge < -0.3 is 10.3 Å². The number of hydrogen-bond donors (Lipinski definition) is 3. The molecule has 1 saturated carbocycles. The maximum absolute atomic E-state index is 12.6. The van der Waals surface area contributed by atoms with Crippen LogP contribution in [0.2, 0.25) is 0 Å². The zero-order chi connectivity index (χ0) is 16.6. The molecule has 2 aromatic heterocycles. The zero-order valence-electron chi connectivity index (χ0n) is 13.7. The van der Waals surface area contributed by atoms with Gasteiger partial charge in [0, 0.05) is 17.1 Å². The van der Waals surface area contributed by atoms with Crippen LogP contribution in [0.5, 0.6) is 0 Å². The van der Waals surface area contributed by atoms with Gasteiger partial charge in [0.1, 0.15) is 12.2 Å². The van der Waals surface area contributed by atoms with Gasteiger partial charge in [0.05, 0.1) is 12.0 Å². The van der Waals surface area contributed by atoms with Gasteiger partial charge in [-0.15, -0.1) is 0 Å². The number of para-hydroxylation sites is 1. The first-order chi connectivity index (χ1) is 11.7. The van der Waals surface area contributed by atoms with Crippen molar-refractivity contribution in [2.24, 2.45) is 0 Å². The molecule has 4 rings (SSSR count). The third-order valence-electron chi connectivity index (χ3n) is 5.07. The van der Waals surface area contributed by atoms with Gasteiger partial charge in [-0.3, -0.25) is 9.89 Å². The summed E-state index contributed by atoms with van der Waals surface area (Å²) in [6.07, 6.45) is 7.68. The average molecular weight is 323 g/mol. The van der Waals surface area contributed by atoms with Gasteiger partial charge in [0.2, 0.25) is 5.91 Å². The van der Waals surface area contributed by atoms with Crippen LogP contribution in [0.3, 0.4) is 0 Å². The van der Waals surface area contributed by atoms with Crippen molar-refractivity contribution < 1.29 is 4.79 Å². The highest BCUT2D eigenvalue weighted by Gasteiger charge is 2.42. The van der Waals surface area contributed by atoms with Crippen LogP contribution >= 0.6 is 0 Å². The molecule has 1 aromatic carbocycles. The Morgan fingerprint density at radius 1 is 1.33 bits per heavy atom. The minimum Gasteiger partial charge on any atom is -0.361 e. The zero-order valence-corrected chi connectivity index (χ0v) is 13.7. The van der Waals surface area contributed by atoms with E-state index in [1.807, 2.05) is 6.20 Å². The number of amides is 1. The second-order valence-corrected chi connectivity index (χ2v) is 6.50. The highest BCUT2D eigenvalue weighted by molar-refractivity contribution is 5.90. The van der Waals surface area contributed by atoms with Crippen LogP contribution in [0.25, 0.3) is 10.9 Å². The molecule has 3 aromatic rings. The number of aromatic nitrogens is 4. The van der Waals surface area contributed by atoms with Crippen LogP contribution < -0.4 is 5.32 Å². The Morgan fingerprint density at radius 2 is 2.21 bits per heavy atom. The molecule has 0 bridgehead atoms. The van der Waals surface area contributed by atoms with E-state index in [9.17, 15) is 4.79 Å². The molecule has 6 nitrogen and oxygen atoms in total. The first kappa shape index (κ1) is 14.9. The van der Waals surface area contributed by atoms with Gasteiger partial charge in [0.25, 0.3) is 0 Å². The number of nitrogens with one attached hydrogen (secondary N) is 3. The number of carbonyl (C=O) groups is 1. The van der Waals surface area contributed by atoms with Gasteiger partial charge in [-0.1, -0.05) is 25.1 Å². The van der Waals surface area contributed by atoms with Gasteiger partial charge in [-0.25, -0.2) is 4.98 Å². The normalized spacial score (nSPS) is 16.0. The summed E-state index contributed by atoms with van der Waals surface area (Å²) >= 11 is 0. The number of benzene rings is 1. The van der Waals surface area contributed by atoms with Crippen molar-refractivity contribution in [1.82, 2.24) is 25.5 Å². The van der Waals surface area contributed by atoms with Crippen LogP contribution in [0.15, 0.2) is 30.7 Å². The van der Waals surface area contributed by atoms with Crippen molar-refractivity contribution in [3.05, 3.63) is 47.7 Å². The SMILES string of the molecule is CCc1cccc2c(CC(=O)NC3(c4ncn[nH]4)CCC3)c[nH]c12. The molecule has 2 heterocycles. The Kier molecular flexibility index (Phi) is 3.59. The largest absolute Gasteiger partial charge is 0.361 e. The van der Waals surface area contributed by atoms with Gasteiger partial charge >= 0.3 is 0 Å². The number of carbonyl (C=O) groups excluding carboxylic acids is 1. The van der Waals surface area contributed by atoms with Crippen molar-refractivity contribution in [3.8, 4) is 0 Å². The van der Waals surface area contributed by atoms with Crippen molar-refractivity contribution in [2.45, 2.75) is 44.6 Å². The number of hydrogen-bond acceptors (Lipinski definition) is 3. The fourth-order valence-corrected chi connectivity index (χ4v) is 3.59. The summed E-state index contributed by atoms with van der Waals surface area (Å²) in [7, 11) is 0. The standard InChI is InChI=1S/C18H21N5O/c1-2-12-5-3-6-14-13(10-19-16(12)14)9-15(24)22-18(7-4-8-18)17-20-11-21-23-17/h3,5-6,10-11,19H,2,4,7-9H2,1H3,(H,22,24)(H,20,21,23). The average Bonchev–Trinajstić information content (AvgIpc) is 3.21. The van der Waals surface area contributed by atoms with E-state index in [4.69, 9.17) is 0 Å². The van der Waals surface area contributed by atoms with Gasteiger partial charge in [-0.05, 0) is 36.8 Å². The summed E-state index contributed by atoms with van der Waals surface area (Å²) in [6.45, 7) is 2.14. The first-order valence-corrected chi connectivity index (χ1v) is 8.46. The topological polar surface area (TPSA) is 86.5 Å². The molecule has 1 aliphatic rings. The Hall–Kier alpha value is -2.63. The molecule has 1 amide bonds. The van der Waals surface area contributed by atoms with Crippen LogP contribution in [0.4, 0.5) is 0 Å². The van der Waals surface area contributed by atoms with E-state index in [0.29, 0.717) is 6.42 Å². The number of rotatable bonds is 5. The predicted molar refractivity (Wildman–Crippen MR) is 91.4 cm³/mol. The first-order valence-electron chi connectivity index (χ1n) is 8.46. The Bertz CT molecular complexity index is 861. The lowest BCUT2D eigenvalue weighted by atomic mass is 9.76.